The first-order valence-electron chi connectivity index (χ1n) is 9.83. The molecule has 2 heterocycles. The number of anilines is 1. The molecule has 2 aliphatic rings. The molecule has 9 heteroatoms. The zero-order valence-electron chi connectivity index (χ0n) is 16.5. The predicted octanol–water partition coefficient (Wildman–Crippen LogP) is 1.99. The summed E-state index contributed by atoms with van der Waals surface area (Å²) in [6.07, 6.45) is 0.872. The third kappa shape index (κ3) is 4.11. The number of ether oxygens (including phenoxy) is 1. The van der Waals surface area contributed by atoms with Crippen LogP contribution >= 0.6 is 0 Å². The van der Waals surface area contributed by atoms with Gasteiger partial charge in [-0.05, 0) is 49.2 Å². The van der Waals surface area contributed by atoms with E-state index in [4.69, 9.17) is 10.5 Å². The number of likely N-dealkylation sites (tertiary alicyclic amines) is 1. The Kier molecular flexibility index (Phi) is 5.41. The van der Waals surface area contributed by atoms with Gasteiger partial charge in [-0.3, -0.25) is 19.2 Å². The van der Waals surface area contributed by atoms with Gasteiger partial charge in [-0.2, -0.15) is 0 Å². The summed E-state index contributed by atoms with van der Waals surface area (Å²) in [7, 11) is 0. The first-order chi connectivity index (χ1) is 14.8. The zero-order valence-corrected chi connectivity index (χ0v) is 16.5. The Hall–Kier alpha value is -3.75. The van der Waals surface area contributed by atoms with E-state index >= 15 is 0 Å². The summed E-state index contributed by atoms with van der Waals surface area (Å²) in [4.78, 5) is 49.7. The van der Waals surface area contributed by atoms with Gasteiger partial charge in [-0.1, -0.05) is 0 Å². The maximum atomic E-state index is 14.3. The molecule has 2 aromatic rings. The van der Waals surface area contributed by atoms with Gasteiger partial charge in [0.1, 0.15) is 11.6 Å². The lowest BCUT2D eigenvalue weighted by molar-refractivity contribution is -0.118. The number of fused-ring (bicyclic) bond motifs is 1. The third-order valence-corrected chi connectivity index (χ3v) is 5.53. The van der Waals surface area contributed by atoms with Crippen LogP contribution in [0, 0.1) is 11.7 Å². The van der Waals surface area contributed by atoms with Crippen LogP contribution in [-0.2, 0) is 4.79 Å². The molecule has 8 nitrogen and oxygen atoms in total. The maximum absolute atomic E-state index is 14.3. The largest absolute Gasteiger partial charge is 0.482 e. The lowest BCUT2D eigenvalue weighted by Crippen LogP contribution is -2.40. The Morgan fingerprint density at radius 3 is 2.45 bits per heavy atom. The fraction of sp³-hybridized carbons (Fsp3) is 0.273. The topological polar surface area (TPSA) is 119 Å². The first kappa shape index (κ1) is 20.5. The molecule has 4 rings (SSSR count). The molecule has 0 aliphatic carbocycles. The van der Waals surface area contributed by atoms with Crippen molar-refractivity contribution < 1.29 is 28.3 Å². The Labute approximate surface area is 177 Å². The number of nitrogens with zero attached hydrogens (tertiary/aromatic N) is 1. The van der Waals surface area contributed by atoms with Crippen molar-refractivity contribution in [2.75, 3.05) is 25.0 Å². The number of carbonyl (C=O) groups excluding carboxylic acids is 4. The molecule has 1 fully saturated rings. The number of halogens is 1. The molecule has 31 heavy (non-hydrogen) atoms. The summed E-state index contributed by atoms with van der Waals surface area (Å²) in [5.74, 6) is -2.20. The Morgan fingerprint density at radius 2 is 1.77 bits per heavy atom. The van der Waals surface area contributed by atoms with Gasteiger partial charge in [0.2, 0.25) is 5.91 Å². The average molecular weight is 425 g/mol. The molecule has 0 spiro atoms. The number of piperidine rings is 1. The van der Waals surface area contributed by atoms with Crippen LogP contribution in [-0.4, -0.2) is 48.1 Å². The van der Waals surface area contributed by atoms with Crippen LogP contribution in [0.25, 0.3) is 0 Å². The van der Waals surface area contributed by atoms with Gasteiger partial charge in [0.05, 0.1) is 11.3 Å². The highest BCUT2D eigenvalue weighted by Crippen LogP contribution is 2.31. The summed E-state index contributed by atoms with van der Waals surface area (Å²) in [6.45, 7) is 0.548. The summed E-state index contributed by atoms with van der Waals surface area (Å²) >= 11 is 0. The van der Waals surface area contributed by atoms with Crippen LogP contribution < -0.4 is 15.8 Å². The van der Waals surface area contributed by atoms with Crippen molar-refractivity contribution in [1.82, 2.24) is 4.90 Å². The number of benzene rings is 2. The van der Waals surface area contributed by atoms with E-state index in [0.717, 1.165) is 6.07 Å². The summed E-state index contributed by atoms with van der Waals surface area (Å²) in [6, 6.07) is 8.42. The molecule has 2 aromatic carbocycles. The predicted molar refractivity (Wildman–Crippen MR) is 108 cm³/mol. The van der Waals surface area contributed by atoms with Crippen LogP contribution in [0.2, 0.25) is 0 Å². The summed E-state index contributed by atoms with van der Waals surface area (Å²) < 4.78 is 19.6. The molecule has 3 N–H and O–H groups in total. The second-order valence-electron chi connectivity index (χ2n) is 7.54. The standard InChI is InChI=1S/C22H20FN3O5/c23-16-9-14(21(24)29)1-3-15(16)22(30)26-7-5-12(6-8-26)20(28)13-2-4-18-17(10-13)25-19(27)11-31-18/h1-4,9-10,12H,5-8,11H2,(H2,24,29)(H,25,27). The van der Waals surface area contributed by atoms with E-state index in [1.54, 1.807) is 18.2 Å². The number of hydrogen-bond donors (Lipinski definition) is 2. The molecule has 0 atom stereocenters. The molecule has 160 valence electrons. The fourth-order valence-electron chi connectivity index (χ4n) is 3.83. The lowest BCUT2D eigenvalue weighted by Gasteiger charge is -2.31. The van der Waals surface area contributed by atoms with E-state index in [-0.39, 0.29) is 35.3 Å². The van der Waals surface area contributed by atoms with Gasteiger partial charge < -0.3 is 20.7 Å². The maximum Gasteiger partial charge on any atom is 0.262 e. The number of hydrogen-bond acceptors (Lipinski definition) is 5. The molecule has 1 saturated heterocycles. The van der Waals surface area contributed by atoms with Gasteiger partial charge in [-0.15, -0.1) is 0 Å². The molecule has 3 amide bonds. The van der Waals surface area contributed by atoms with Crippen LogP contribution in [0.15, 0.2) is 36.4 Å². The van der Waals surface area contributed by atoms with Crippen molar-refractivity contribution in [3.8, 4) is 5.75 Å². The highest BCUT2D eigenvalue weighted by Gasteiger charge is 2.30. The van der Waals surface area contributed by atoms with Gasteiger partial charge in [0.25, 0.3) is 11.8 Å². The smallest absolute Gasteiger partial charge is 0.262 e. The minimum Gasteiger partial charge on any atom is -0.482 e. The number of ketones is 1. The summed E-state index contributed by atoms with van der Waals surface area (Å²) in [5.41, 5.74) is 5.90. The van der Waals surface area contributed by atoms with Crippen LogP contribution in [0.4, 0.5) is 10.1 Å². The van der Waals surface area contributed by atoms with E-state index < -0.39 is 17.6 Å². The van der Waals surface area contributed by atoms with Crippen molar-refractivity contribution in [3.05, 3.63) is 58.9 Å². The quantitative estimate of drug-likeness (QED) is 0.726. The monoisotopic (exact) mass is 425 g/mol. The van der Waals surface area contributed by atoms with Gasteiger partial charge in [0, 0.05) is 30.1 Å². The normalized spacial score (nSPS) is 16.2. The van der Waals surface area contributed by atoms with Crippen LogP contribution in [0.1, 0.15) is 43.9 Å². The Balaban J connectivity index is 1.41. The van der Waals surface area contributed by atoms with E-state index in [0.29, 0.717) is 42.9 Å². The number of nitrogens with two attached hydrogens (primary N) is 1. The van der Waals surface area contributed by atoms with Crippen molar-refractivity contribution in [2.45, 2.75) is 12.8 Å². The number of amides is 3. The summed E-state index contributed by atoms with van der Waals surface area (Å²) in [5, 5.41) is 2.68. The second-order valence-corrected chi connectivity index (χ2v) is 7.54. The highest BCUT2D eigenvalue weighted by molar-refractivity contribution is 6.02. The van der Waals surface area contributed by atoms with Crippen molar-refractivity contribution >= 4 is 29.2 Å². The van der Waals surface area contributed by atoms with Gasteiger partial charge in [0.15, 0.2) is 12.4 Å². The van der Waals surface area contributed by atoms with Crippen LogP contribution in [0.5, 0.6) is 5.75 Å². The van der Waals surface area contributed by atoms with E-state index in [2.05, 4.69) is 5.32 Å². The highest BCUT2D eigenvalue weighted by atomic mass is 19.1. The van der Waals surface area contributed by atoms with E-state index in [1.807, 2.05) is 0 Å². The molecule has 0 unspecified atom stereocenters. The molecule has 0 aromatic heterocycles. The fourth-order valence-corrected chi connectivity index (χ4v) is 3.83. The van der Waals surface area contributed by atoms with Crippen molar-refractivity contribution in [1.29, 1.82) is 0 Å². The van der Waals surface area contributed by atoms with Crippen molar-refractivity contribution in [3.63, 3.8) is 0 Å². The molecule has 0 bridgehead atoms. The number of nitrogens with one attached hydrogen (secondary N) is 1. The van der Waals surface area contributed by atoms with E-state index in [9.17, 15) is 23.6 Å². The Bertz CT molecular complexity index is 1090. The SMILES string of the molecule is NC(=O)c1ccc(C(=O)N2CCC(C(=O)c3ccc4c(c3)NC(=O)CO4)CC2)c(F)c1. The van der Waals surface area contributed by atoms with E-state index in [1.165, 1.54) is 17.0 Å². The van der Waals surface area contributed by atoms with Crippen LogP contribution in [0.3, 0.4) is 0 Å². The lowest BCUT2D eigenvalue weighted by atomic mass is 9.88. The average Bonchev–Trinajstić information content (AvgIpc) is 2.77. The minimum atomic E-state index is -0.808. The first-order valence-corrected chi connectivity index (χ1v) is 9.83. The molecule has 2 aliphatic heterocycles. The molecule has 0 radical (unpaired) electrons. The number of rotatable bonds is 4. The number of Topliss-reactive ketones (excluding diaryl/α,β-unsaturated/α-hetero) is 1. The van der Waals surface area contributed by atoms with Gasteiger partial charge in [-0.25, -0.2) is 4.39 Å². The molecular formula is C22H20FN3O5. The number of primary amides is 1. The third-order valence-electron chi connectivity index (χ3n) is 5.53. The van der Waals surface area contributed by atoms with Crippen molar-refractivity contribution in [2.24, 2.45) is 11.7 Å². The van der Waals surface area contributed by atoms with Gasteiger partial charge >= 0.3 is 0 Å². The second kappa shape index (κ2) is 8.17. The number of carbonyl (C=O) groups is 4. The Morgan fingerprint density at radius 1 is 1.06 bits per heavy atom. The molecule has 0 saturated carbocycles. The minimum absolute atomic E-state index is 0.00926. The zero-order chi connectivity index (χ0) is 22.1. The molecular weight excluding hydrogens is 405 g/mol.